The molecule has 0 spiro atoms. The largest absolute Gasteiger partial charge is 0.351 e. The van der Waals surface area contributed by atoms with Crippen LogP contribution in [0.15, 0.2) is 0 Å². The molecule has 0 aliphatic heterocycles. The second-order valence-corrected chi connectivity index (χ2v) is 5.03. The molecule has 0 saturated carbocycles. The molecule has 6 heteroatoms. The van der Waals surface area contributed by atoms with E-state index in [4.69, 9.17) is 0 Å². The fraction of sp³-hybridized carbons (Fsp3) is 0.667. The first-order chi connectivity index (χ1) is 7.25. The zero-order valence-electron chi connectivity index (χ0n) is 8.62. The minimum atomic E-state index is -0.0445. The SMILES string of the molecule is Cc1nnsc1C(=O)NCCCCCI. The lowest BCUT2D eigenvalue weighted by Gasteiger charge is -2.02. The molecule has 84 valence electrons. The number of aromatic nitrogens is 2. The van der Waals surface area contributed by atoms with Gasteiger partial charge < -0.3 is 5.32 Å². The average molecular weight is 339 g/mol. The summed E-state index contributed by atoms with van der Waals surface area (Å²) in [4.78, 5) is 12.2. The van der Waals surface area contributed by atoms with Gasteiger partial charge in [0.2, 0.25) is 0 Å². The molecule has 1 amide bonds. The van der Waals surface area contributed by atoms with E-state index in [-0.39, 0.29) is 5.91 Å². The molecule has 0 radical (unpaired) electrons. The van der Waals surface area contributed by atoms with Crippen molar-refractivity contribution in [2.75, 3.05) is 11.0 Å². The summed E-state index contributed by atoms with van der Waals surface area (Å²) in [5.74, 6) is -0.0445. The van der Waals surface area contributed by atoms with Gasteiger partial charge in [0.15, 0.2) is 0 Å². The minimum Gasteiger partial charge on any atom is -0.351 e. The maximum atomic E-state index is 11.6. The Labute approximate surface area is 107 Å². The van der Waals surface area contributed by atoms with Crippen LogP contribution in [0.25, 0.3) is 0 Å². The van der Waals surface area contributed by atoms with Gasteiger partial charge in [-0.15, -0.1) is 5.10 Å². The number of hydrogen-bond acceptors (Lipinski definition) is 4. The highest BCUT2D eigenvalue weighted by Crippen LogP contribution is 2.08. The van der Waals surface area contributed by atoms with E-state index in [1.165, 1.54) is 17.3 Å². The summed E-state index contributed by atoms with van der Waals surface area (Å²) in [5, 5.41) is 6.68. The lowest BCUT2D eigenvalue weighted by Crippen LogP contribution is -2.24. The fourth-order valence-corrected chi connectivity index (χ4v) is 2.23. The number of halogens is 1. The standard InChI is InChI=1S/C9H14IN3OS/c1-7-8(15-13-12-7)9(14)11-6-4-2-3-5-10/h2-6H2,1H3,(H,11,14). The summed E-state index contributed by atoms with van der Waals surface area (Å²) in [6.07, 6.45) is 3.43. The zero-order chi connectivity index (χ0) is 11.1. The molecule has 1 heterocycles. The molecule has 0 saturated heterocycles. The van der Waals surface area contributed by atoms with Crippen LogP contribution < -0.4 is 5.32 Å². The highest BCUT2D eigenvalue weighted by molar-refractivity contribution is 14.1. The van der Waals surface area contributed by atoms with Crippen LogP contribution >= 0.6 is 34.1 Å². The molecule has 0 unspecified atom stereocenters. The van der Waals surface area contributed by atoms with Crippen LogP contribution in [0.2, 0.25) is 0 Å². The minimum absolute atomic E-state index is 0.0445. The molecule has 1 aromatic rings. The Bertz CT molecular complexity index is 316. The van der Waals surface area contributed by atoms with Crippen molar-refractivity contribution >= 4 is 40.0 Å². The third-order valence-corrected chi connectivity index (χ3v) is 3.54. The van der Waals surface area contributed by atoms with E-state index in [0.29, 0.717) is 10.6 Å². The van der Waals surface area contributed by atoms with E-state index in [0.717, 1.165) is 24.5 Å². The molecule has 1 rings (SSSR count). The van der Waals surface area contributed by atoms with E-state index in [9.17, 15) is 4.79 Å². The number of amides is 1. The summed E-state index contributed by atoms with van der Waals surface area (Å²) in [5.41, 5.74) is 0.713. The second-order valence-electron chi connectivity index (χ2n) is 3.19. The van der Waals surface area contributed by atoms with Gasteiger partial charge >= 0.3 is 0 Å². The normalized spacial score (nSPS) is 10.3. The van der Waals surface area contributed by atoms with E-state index in [1.807, 2.05) is 0 Å². The van der Waals surface area contributed by atoms with Crippen molar-refractivity contribution in [2.24, 2.45) is 0 Å². The van der Waals surface area contributed by atoms with Crippen LogP contribution in [0, 0.1) is 6.92 Å². The van der Waals surface area contributed by atoms with Crippen LogP contribution in [0.1, 0.15) is 34.6 Å². The van der Waals surface area contributed by atoms with Gasteiger partial charge in [-0.3, -0.25) is 4.79 Å². The molecule has 4 nitrogen and oxygen atoms in total. The predicted molar refractivity (Wildman–Crippen MR) is 69.7 cm³/mol. The summed E-state index contributed by atoms with van der Waals surface area (Å²) < 4.78 is 4.91. The van der Waals surface area contributed by atoms with Crippen LogP contribution in [-0.2, 0) is 0 Å². The molecule has 0 aromatic carbocycles. The van der Waals surface area contributed by atoms with Crippen LogP contribution in [-0.4, -0.2) is 26.5 Å². The number of hydrogen-bond donors (Lipinski definition) is 1. The molecule has 0 atom stereocenters. The summed E-state index contributed by atoms with van der Waals surface area (Å²) in [6.45, 7) is 2.54. The first-order valence-electron chi connectivity index (χ1n) is 4.89. The third kappa shape index (κ3) is 4.42. The first kappa shape index (κ1) is 12.8. The second kappa shape index (κ2) is 7.10. The highest BCUT2D eigenvalue weighted by Gasteiger charge is 2.11. The zero-order valence-corrected chi connectivity index (χ0v) is 11.6. The van der Waals surface area contributed by atoms with E-state index in [1.54, 1.807) is 6.92 Å². The Morgan fingerprint density at radius 2 is 2.27 bits per heavy atom. The van der Waals surface area contributed by atoms with Crippen molar-refractivity contribution in [1.29, 1.82) is 0 Å². The number of carbonyl (C=O) groups excluding carboxylic acids is 1. The fourth-order valence-electron chi connectivity index (χ4n) is 1.12. The van der Waals surface area contributed by atoms with Crippen molar-refractivity contribution in [2.45, 2.75) is 26.2 Å². The topological polar surface area (TPSA) is 54.9 Å². The average Bonchev–Trinajstić information content (AvgIpc) is 2.64. The van der Waals surface area contributed by atoms with E-state index in [2.05, 4.69) is 37.5 Å². The van der Waals surface area contributed by atoms with Gasteiger partial charge in [-0.05, 0) is 35.7 Å². The number of carbonyl (C=O) groups is 1. The third-order valence-electron chi connectivity index (χ3n) is 1.95. The van der Waals surface area contributed by atoms with Gasteiger partial charge in [0.1, 0.15) is 4.88 Å². The lowest BCUT2D eigenvalue weighted by atomic mass is 10.2. The van der Waals surface area contributed by atoms with Gasteiger partial charge in [0, 0.05) is 6.54 Å². The van der Waals surface area contributed by atoms with Crippen molar-refractivity contribution < 1.29 is 4.79 Å². The number of aryl methyl sites for hydroxylation is 1. The van der Waals surface area contributed by atoms with Gasteiger partial charge in [0.05, 0.1) is 5.69 Å². The number of alkyl halides is 1. The Kier molecular flexibility index (Phi) is 6.07. The highest BCUT2D eigenvalue weighted by atomic mass is 127. The molecule has 0 aliphatic rings. The maximum Gasteiger partial charge on any atom is 0.264 e. The van der Waals surface area contributed by atoms with Crippen LogP contribution in [0.4, 0.5) is 0 Å². The van der Waals surface area contributed by atoms with Gasteiger partial charge in [-0.2, -0.15) is 0 Å². The predicted octanol–water partition coefficient (Wildman–Crippen LogP) is 2.18. The van der Waals surface area contributed by atoms with Crippen molar-refractivity contribution in [1.82, 2.24) is 14.9 Å². The first-order valence-corrected chi connectivity index (χ1v) is 7.18. The lowest BCUT2D eigenvalue weighted by molar-refractivity contribution is 0.0956. The smallest absolute Gasteiger partial charge is 0.264 e. The molecular weight excluding hydrogens is 325 g/mol. The maximum absolute atomic E-state index is 11.6. The quantitative estimate of drug-likeness (QED) is 0.491. The Morgan fingerprint density at radius 1 is 1.47 bits per heavy atom. The molecule has 0 bridgehead atoms. The molecule has 0 fully saturated rings. The monoisotopic (exact) mass is 339 g/mol. The summed E-state index contributed by atoms with van der Waals surface area (Å²) in [6, 6.07) is 0. The van der Waals surface area contributed by atoms with E-state index < -0.39 is 0 Å². The Morgan fingerprint density at radius 3 is 2.87 bits per heavy atom. The van der Waals surface area contributed by atoms with Crippen LogP contribution in [0.5, 0.6) is 0 Å². The molecule has 15 heavy (non-hydrogen) atoms. The molecule has 0 aliphatic carbocycles. The Hall–Kier alpha value is -0.240. The van der Waals surface area contributed by atoms with Crippen LogP contribution in [0.3, 0.4) is 0 Å². The van der Waals surface area contributed by atoms with Gasteiger partial charge in [0.25, 0.3) is 5.91 Å². The van der Waals surface area contributed by atoms with Crippen molar-refractivity contribution in [3.05, 3.63) is 10.6 Å². The number of nitrogens with one attached hydrogen (secondary N) is 1. The van der Waals surface area contributed by atoms with Gasteiger partial charge in [-0.1, -0.05) is 33.5 Å². The van der Waals surface area contributed by atoms with E-state index >= 15 is 0 Å². The number of unbranched alkanes of at least 4 members (excludes halogenated alkanes) is 2. The summed E-state index contributed by atoms with van der Waals surface area (Å²) in [7, 11) is 0. The Balaban J connectivity index is 2.22. The van der Waals surface area contributed by atoms with Crippen molar-refractivity contribution in [3.8, 4) is 0 Å². The summed E-state index contributed by atoms with van der Waals surface area (Å²) >= 11 is 3.51. The number of nitrogens with zero attached hydrogens (tertiary/aromatic N) is 2. The number of rotatable bonds is 6. The molecule has 1 aromatic heterocycles. The van der Waals surface area contributed by atoms with Gasteiger partial charge in [-0.25, -0.2) is 0 Å². The molecule has 1 N–H and O–H groups in total. The molecular formula is C9H14IN3OS. The van der Waals surface area contributed by atoms with Crippen molar-refractivity contribution in [3.63, 3.8) is 0 Å².